The van der Waals surface area contributed by atoms with Crippen molar-refractivity contribution in [1.82, 2.24) is 25.6 Å². The number of nitrogens with zero attached hydrogens (tertiary/aromatic N) is 1. The number of alkyl halides is 3. The fourth-order valence-electron chi connectivity index (χ4n) is 3.39. The Morgan fingerprint density at radius 3 is 2.26 bits per heavy atom. The van der Waals surface area contributed by atoms with Gasteiger partial charge >= 0.3 is 18.1 Å². The molecule has 2 aromatic heterocycles. The molecule has 0 aliphatic rings. The van der Waals surface area contributed by atoms with E-state index in [1.165, 1.54) is 13.3 Å². The molecule has 0 aliphatic carbocycles. The average Bonchev–Trinajstić information content (AvgIpc) is 3.45. The largest absolute Gasteiger partial charge is 0.490 e. The van der Waals surface area contributed by atoms with Crippen LogP contribution in [0, 0.1) is 6.92 Å². The van der Waals surface area contributed by atoms with Gasteiger partial charge in [-0.1, -0.05) is 18.2 Å². The molecule has 1 aromatic carbocycles. The number of benzene rings is 1. The molecule has 0 saturated carbocycles. The molecule has 206 valence electrons. The van der Waals surface area contributed by atoms with E-state index in [1.54, 1.807) is 6.20 Å². The fourth-order valence-corrected chi connectivity index (χ4v) is 3.39. The molecule has 0 radical (unpaired) electrons. The zero-order valence-electron chi connectivity index (χ0n) is 20.3. The van der Waals surface area contributed by atoms with Gasteiger partial charge in [0, 0.05) is 41.3 Å². The molecule has 38 heavy (non-hydrogen) atoms. The summed E-state index contributed by atoms with van der Waals surface area (Å²) in [7, 11) is 0. The number of para-hydroxylation sites is 1. The van der Waals surface area contributed by atoms with E-state index in [0.29, 0.717) is 5.69 Å². The summed E-state index contributed by atoms with van der Waals surface area (Å²) in [5.41, 5.74) is 9.34. The first-order valence-corrected chi connectivity index (χ1v) is 11.1. The van der Waals surface area contributed by atoms with Crippen molar-refractivity contribution in [2.45, 2.75) is 51.0 Å². The highest BCUT2D eigenvalue weighted by Gasteiger charge is 2.38. The molecule has 0 saturated heterocycles. The number of amides is 2. The second-order valence-electron chi connectivity index (χ2n) is 8.30. The van der Waals surface area contributed by atoms with E-state index in [2.05, 4.69) is 25.6 Å². The smallest absolute Gasteiger partial charge is 0.480 e. The number of carboxylic acids is 2. The number of hydrogen-bond acceptors (Lipinski definition) is 6. The summed E-state index contributed by atoms with van der Waals surface area (Å²) in [6.45, 7) is 3.25. The van der Waals surface area contributed by atoms with Crippen LogP contribution in [0.5, 0.6) is 0 Å². The van der Waals surface area contributed by atoms with E-state index in [-0.39, 0.29) is 12.8 Å². The van der Waals surface area contributed by atoms with Gasteiger partial charge in [-0.05, 0) is 25.5 Å². The van der Waals surface area contributed by atoms with E-state index < -0.39 is 48.1 Å². The van der Waals surface area contributed by atoms with Crippen molar-refractivity contribution >= 4 is 34.7 Å². The van der Waals surface area contributed by atoms with Crippen molar-refractivity contribution in [1.29, 1.82) is 0 Å². The van der Waals surface area contributed by atoms with Gasteiger partial charge < -0.3 is 36.5 Å². The molecule has 0 aliphatic heterocycles. The van der Waals surface area contributed by atoms with Crippen molar-refractivity contribution in [3.05, 3.63) is 53.7 Å². The quantitative estimate of drug-likeness (QED) is 0.208. The first-order valence-electron chi connectivity index (χ1n) is 11.1. The summed E-state index contributed by atoms with van der Waals surface area (Å²) in [6.07, 6.45) is -1.63. The zero-order chi connectivity index (χ0) is 28.6. The number of nitrogens with one attached hydrogen (secondary N) is 4. The maximum atomic E-state index is 12.9. The number of carbonyl (C=O) groups excluding carboxylic acids is 2. The van der Waals surface area contributed by atoms with Gasteiger partial charge in [-0.3, -0.25) is 14.4 Å². The van der Waals surface area contributed by atoms with E-state index >= 15 is 0 Å². The summed E-state index contributed by atoms with van der Waals surface area (Å²) < 4.78 is 31.7. The first kappa shape index (κ1) is 29.8. The third-order valence-electron chi connectivity index (χ3n) is 5.37. The van der Waals surface area contributed by atoms with Crippen LogP contribution in [0.3, 0.4) is 0 Å². The molecule has 15 heteroatoms. The number of aromatic nitrogens is 3. The van der Waals surface area contributed by atoms with E-state index in [1.807, 2.05) is 31.2 Å². The number of H-pyrrole nitrogens is 2. The number of carbonyl (C=O) groups is 4. The highest BCUT2D eigenvalue weighted by molar-refractivity contribution is 5.93. The summed E-state index contributed by atoms with van der Waals surface area (Å²) >= 11 is 0. The normalized spacial score (nSPS) is 13.5. The number of aliphatic carboxylic acids is 2. The fraction of sp³-hybridized carbons (Fsp3) is 0.348. The van der Waals surface area contributed by atoms with Gasteiger partial charge in [-0.15, -0.1) is 0 Å². The van der Waals surface area contributed by atoms with E-state index in [9.17, 15) is 27.6 Å². The van der Waals surface area contributed by atoms with Crippen LogP contribution in [-0.4, -0.2) is 73.2 Å². The first-order chi connectivity index (χ1) is 17.7. The topological polar surface area (TPSA) is 203 Å². The molecular weight excluding hydrogens is 513 g/mol. The summed E-state index contributed by atoms with van der Waals surface area (Å²) in [5, 5.41) is 22.3. The molecule has 3 atom stereocenters. The van der Waals surface area contributed by atoms with Crippen molar-refractivity contribution in [2.75, 3.05) is 0 Å². The minimum absolute atomic E-state index is 0.177. The third-order valence-corrected chi connectivity index (χ3v) is 5.37. The van der Waals surface area contributed by atoms with Gasteiger partial charge in [0.2, 0.25) is 11.8 Å². The number of aromatic amines is 2. The summed E-state index contributed by atoms with van der Waals surface area (Å²) in [5.74, 6) is -5.04. The maximum Gasteiger partial charge on any atom is 0.490 e. The number of aryl methyl sites for hydroxylation is 1. The monoisotopic (exact) mass is 540 g/mol. The van der Waals surface area contributed by atoms with Crippen LogP contribution in [0.15, 0.2) is 36.8 Å². The standard InChI is InChI=1S/C21H26N6O4.C2HF3O2/c1-11-15(14-5-3-4-6-17(14)25-11)8-18(20(29)26-12(2)21(30)31)27-19(28)16(22)7-13-9-23-10-24-13;3-2(4,5)1(6)7/h3-6,9-10,12,16,18,25H,7-8,22H2,1-2H3,(H,23,24)(H,26,29)(H,27,28)(H,30,31);(H,6,7)/t12-,16-,18+;/m0./s1. The molecule has 8 N–H and O–H groups in total. The van der Waals surface area contributed by atoms with Crippen LogP contribution in [0.2, 0.25) is 0 Å². The molecule has 12 nitrogen and oxygen atoms in total. The lowest BCUT2D eigenvalue weighted by Gasteiger charge is -2.22. The van der Waals surface area contributed by atoms with E-state index in [4.69, 9.17) is 20.7 Å². The van der Waals surface area contributed by atoms with Gasteiger partial charge in [-0.2, -0.15) is 13.2 Å². The average molecular weight is 540 g/mol. The Bertz CT molecular complexity index is 1270. The van der Waals surface area contributed by atoms with Crippen LogP contribution in [0.1, 0.15) is 23.9 Å². The Morgan fingerprint density at radius 1 is 1.08 bits per heavy atom. The molecule has 3 rings (SSSR count). The third kappa shape index (κ3) is 8.33. The van der Waals surface area contributed by atoms with Crippen molar-refractivity contribution in [2.24, 2.45) is 5.73 Å². The summed E-state index contributed by atoms with van der Waals surface area (Å²) in [4.78, 5) is 55.7. The number of rotatable bonds is 9. The van der Waals surface area contributed by atoms with Crippen LogP contribution in [-0.2, 0) is 32.0 Å². The number of nitrogens with two attached hydrogens (primary N) is 1. The number of imidazole rings is 1. The van der Waals surface area contributed by atoms with Crippen LogP contribution in [0.25, 0.3) is 10.9 Å². The zero-order valence-corrected chi connectivity index (χ0v) is 20.3. The number of halogens is 3. The molecule has 0 unspecified atom stereocenters. The minimum Gasteiger partial charge on any atom is -0.480 e. The number of carboxylic acid groups (broad SMARTS) is 2. The molecule has 0 fully saturated rings. The maximum absolute atomic E-state index is 12.9. The van der Waals surface area contributed by atoms with Gasteiger partial charge in [0.25, 0.3) is 0 Å². The van der Waals surface area contributed by atoms with Gasteiger partial charge in [-0.25, -0.2) is 9.78 Å². The molecule has 0 spiro atoms. The van der Waals surface area contributed by atoms with Gasteiger partial charge in [0.05, 0.1) is 12.4 Å². The Labute approximate surface area is 213 Å². The minimum atomic E-state index is -5.08. The van der Waals surface area contributed by atoms with Crippen LogP contribution < -0.4 is 16.4 Å². The van der Waals surface area contributed by atoms with Crippen molar-refractivity contribution in [3.8, 4) is 0 Å². The Hall–Kier alpha value is -4.40. The van der Waals surface area contributed by atoms with E-state index in [0.717, 1.165) is 22.2 Å². The molecular formula is C23H27F3N6O6. The second-order valence-corrected chi connectivity index (χ2v) is 8.30. The van der Waals surface area contributed by atoms with Crippen molar-refractivity contribution < 1.29 is 42.6 Å². The highest BCUT2D eigenvalue weighted by Crippen LogP contribution is 2.23. The number of fused-ring (bicyclic) bond motifs is 1. The predicted octanol–water partition coefficient (Wildman–Crippen LogP) is 1.02. The van der Waals surface area contributed by atoms with Crippen LogP contribution >= 0.6 is 0 Å². The second kappa shape index (κ2) is 12.7. The number of hydrogen-bond donors (Lipinski definition) is 7. The van der Waals surface area contributed by atoms with Gasteiger partial charge in [0.15, 0.2) is 0 Å². The summed E-state index contributed by atoms with van der Waals surface area (Å²) in [6, 6.07) is 4.63. The molecule has 2 amide bonds. The van der Waals surface area contributed by atoms with Crippen molar-refractivity contribution in [3.63, 3.8) is 0 Å². The Kier molecular flexibility index (Phi) is 9.98. The molecule has 2 heterocycles. The van der Waals surface area contributed by atoms with Crippen LogP contribution in [0.4, 0.5) is 13.2 Å². The lowest BCUT2D eigenvalue weighted by atomic mass is 10.0. The predicted molar refractivity (Wildman–Crippen MR) is 128 cm³/mol. The lowest BCUT2D eigenvalue weighted by molar-refractivity contribution is -0.192. The Morgan fingerprint density at radius 2 is 1.71 bits per heavy atom. The lowest BCUT2D eigenvalue weighted by Crippen LogP contribution is -2.55. The highest BCUT2D eigenvalue weighted by atomic mass is 19.4. The Balaban J connectivity index is 0.000000638. The molecule has 3 aromatic rings. The van der Waals surface area contributed by atoms with Gasteiger partial charge in [0.1, 0.15) is 12.1 Å². The molecule has 0 bridgehead atoms. The SMILES string of the molecule is Cc1[nH]c2ccccc2c1C[C@@H](NC(=O)[C@@H](N)Cc1cnc[nH]1)C(=O)N[C@@H](C)C(=O)O.O=C(O)C(F)(F)F.